The Morgan fingerprint density at radius 1 is 1.74 bits per heavy atom. The summed E-state index contributed by atoms with van der Waals surface area (Å²) >= 11 is 1.05. The number of nitrogens with zero attached hydrogens (tertiary/aromatic N) is 3. The Hall–Kier alpha value is -2.14. The van der Waals surface area contributed by atoms with Crippen molar-refractivity contribution >= 4 is 23.4 Å². The van der Waals surface area contributed by atoms with Gasteiger partial charge in [-0.05, 0) is 6.07 Å². The molecule has 0 saturated carbocycles. The van der Waals surface area contributed by atoms with Gasteiger partial charge in [0.1, 0.15) is 11.6 Å². The largest absolute Gasteiger partial charge is 0.469 e. The van der Waals surface area contributed by atoms with Crippen LogP contribution in [0.1, 0.15) is 12.5 Å². The second-order valence-corrected chi connectivity index (χ2v) is 4.63. The maximum absolute atomic E-state index is 11.2. The minimum atomic E-state index is -0.642. The highest BCUT2D eigenvalue weighted by molar-refractivity contribution is 7.99. The zero-order valence-corrected chi connectivity index (χ0v) is 11.1. The van der Waals surface area contributed by atoms with Crippen molar-refractivity contribution in [1.29, 1.82) is 5.26 Å². The predicted molar refractivity (Wildman–Crippen MR) is 67.5 cm³/mol. The second-order valence-electron chi connectivity index (χ2n) is 3.62. The molecule has 0 aliphatic heterocycles. The van der Waals surface area contributed by atoms with Crippen molar-refractivity contribution in [3.63, 3.8) is 0 Å². The summed E-state index contributed by atoms with van der Waals surface area (Å²) in [5.74, 6) is -0.524. The van der Waals surface area contributed by atoms with E-state index in [0.717, 1.165) is 11.8 Å². The van der Waals surface area contributed by atoms with E-state index in [1.165, 1.54) is 19.4 Å². The van der Waals surface area contributed by atoms with Crippen molar-refractivity contribution in [3.05, 3.63) is 27.9 Å². The normalized spacial score (nSPS) is 11.4. The van der Waals surface area contributed by atoms with Crippen LogP contribution < -0.4 is 0 Å². The molecule has 0 bridgehead atoms. The number of hydrogen-bond acceptors (Lipinski definition) is 7. The number of nitriles is 1. The molecule has 7 nitrogen and oxygen atoms in total. The summed E-state index contributed by atoms with van der Waals surface area (Å²) < 4.78 is 4.56. The van der Waals surface area contributed by atoms with Crippen LogP contribution in [0.15, 0.2) is 17.3 Å². The molecular weight excluding hydrogens is 270 g/mol. The maximum atomic E-state index is 11.2. The van der Waals surface area contributed by atoms with E-state index < -0.39 is 16.8 Å². The van der Waals surface area contributed by atoms with Crippen LogP contribution in [0, 0.1) is 27.4 Å². The van der Waals surface area contributed by atoms with Crippen LogP contribution in [0.2, 0.25) is 0 Å². The van der Waals surface area contributed by atoms with E-state index in [1.54, 1.807) is 13.0 Å². The first-order chi connectivity index (χ1) is 9.01. The number of ether oxygens (including phenoxy) is 1. The summed E-state index contributed by atoms with van der Waals surface area (Å²) in [6.45, 7) is 1.65. The highest BCUT2D eigenvalue weighted by atomic mass is 32.2. The maximum Gasteiger partial charge on any atom is 0.318 e. The highest BCUT2D eigenvalue weighted by Gasteiger charge is 2.23. The zero-order valence-electron chi connectivity index (χ0n) is 10.3. The van der Waals surface area contributed by atoms with Crippen LogP contribution in [0.4, 0.5) is 5.69 Å². The number of methoxy groups -OCH3 is 1. The fourth-order valence-electron chi connectivity index (χ4n) is 1.28. The number of esters is 1. The van der Waals surface area contributed by atoms with Crippen molar-refractivity contribution in [2.45, 2.75) is 11.9 Å². The van der Waals surface area contributed by atoms with Gasteiger partial charge in [0.2, 0.25) is 0 Å². The lowest BCUT2D eigenvalue weighted by molar-refractivity contribution is -0.388. The first-order valence-corrected chi connectivity index (χ1v) is 6.24. The van der Waals surface area contributed by atoms with Gasteiger partial charge in [-0.3, -0.25) is 14.9 Å². The van der Waals surface area contributed by atoms with Crippen LogP contribution in [0.3, 0.4) is 0 Å². The minimum Gasteiger partial charge on any atom is -0.469 e. The molecule has 0 spiro atoms. The van der Waals surface area contributed by atoms with Crippen LogP contribution in [-0.4, -0.2) is 28.7 Å². The number of thioether (sulfide) groups is 1. The lowest BCUT2D eigenvalue weighted by atomic mass is 10.2. The lowest BCUT2D eigenvalue weighted by Crippen LogP contribution is -2.15. The van der Waals surface area contributed by atoms with Gasteiger partial charge in [0.25, 0.3) is 0 Å². The van der Waals surface area contributed by atoms with Gasteiger partial charge in [-0.2, -0.15) is 5.26 Å². The predicted octanol–water partition coefficient (Wildman–Crippen LogP) is 1.76. The molecular formula is C11H11N3O4S. The number of aromatic nitrogens is 1. The number of pyridine rings is 1. The zero-order chi connectivity index (χ0) is 14.4. The number of hydrogen-bond donors (Lipinski definition) is 0. The number of carbonyl (C=O) groups excluding carboxylic acids is 1. The highest BCUT2D eigenvalue weighted by Crippen LogP contribution is 2.30. The smallest absolute Gasteiger partial charge is 0.318 e. The third kappa shape index (κ3) is 3.66. The average molecular weight is 281 g/mol. The lowest BCUT2D eigenvalue weighted by Gasteiger charge is -2.08. The van der Waals surface area contributed by atoms with Crippen LogP contribution >= 0.6 is 11.8 Å². The van der Waals surface area contributed by atoms with Crippen molar-refractivity contribution < 1.29 is 14.5 Å². The third-order valence-corrected chi connectivity index (χ3v) is 3.51. The van der Waals surface area contributed by atoms with Gasteiger partial charge >= 0.3 is 11.7 Å². The molecule has 100 valence electrons. The summed E-state index contributed by atoms with van der Waals surface area (Å²) in [6.07, 6.45) is 1.33. The Balaban J connectivity index is 2.93. The van der Waals surface area contributed by atoms with Gasteiger partial charge in [-0.1, -0.05) is 18.7 Å². The van der Waals surface area contributed by atoms with E-state index in [0.29, 0.717) is 0 Å². The average Bonchev–Trinajstić information content (AvgIpc) is 2.42. The Morgan fingerprint density at radius 2 is 2.42 bits per heavy atom. The minimum absolute atomic E-state index is 0.0479. The molecule has 0 aromatic carbocycles. The van der Waals surface area contributed by atoms with E-state index in [-0.39, 0.29) is 22.0 Å². The molecule has 0 saturated heterocycles. The molecule has 0 N–H and O–H groups in total. The van der Waals surface area contributed by atoms with E-state index >= 15 is 0 Å². The second kappa shape index (κ2) is 6.70. The number of rotatable bonds is 5. The SMILES string of the molecule is COC(=O)C(C)CSc1nccc(C#N)c1[N+](=O)[O-]. The summed E-state index contributed by atoms with van der Waals surface area (Å²) in [4.78, 5) is 25.4. The molecule has 1 unspecified atom stereocenters. The molecule has 1 rings (SSSR count). The molecule has 0 fully saturated rings. The fraction of sp³-hybridized carbons (Fsp3) is 0.364. The standard InChI is InChI=1S/C11H11N3O4S/c1-7(11(15)18-2)6-19-10-9(14(16)17)8(5-12)3-4-13-10/h3-4,7H,6H2,1-2H3. The summed E-state index contributed by atoms with van der Waals surface area (Å²) in [7, 11) is 1.28. The van der Waals surface area contributed by atoms with Crippen molar-refractivity contribution in [3.8, 4) is 6.07 Å². The van der Waals surface area contributed by atoms with Gasteiger partial charge in [-0.25, -0.2) is 4.98 Å². The van der Waals surface area contributed by atoms with Crippen molar-refractivity contribution in [1.82, 2.24) is 4.98 Å². The van der Waals surface area contributed by atoms with Crippen LogP contribution in [0.25, 0.3) is 0 Å². The molecule has 0 aliphatic carbocycles. The van der Waals surface area contributed by atoms with Gasteiger partial charge in [0.15, 0.2) is 5.03 Å². The van der Waals surface area contributed by atoms with Gasteiger partial charge in [0.05, 0.1) is 18.0 Å². The first kappa shape index (κ1) is 14.9. The fourth-order valence-corrected chi connectivity index (χ4v) is 2.28. The number of nitro groups is 1. The van der Waals surface area contributed by atoms with Crippen molar-refractivity contribution in [2.24, 2.45) is 5.92 Å². The third-order valence-electron chi connectivity index (χ3n) is 2.27. The van der Waals surface area contributed by atoms with Crippen molar-refractivity contribution in [2.75, 3.05) is 12.9 Å². The molecule has 1 aromatic heterocycles. The molecule has 0 aliphatic rings. The molecule has 1 atom stereocenters. The Kier molecular flexibility index (Phi) is 5.26. The van der Waals surface area contributed by atoms with Crippen LogP contribution in [0.5, 0.6) is 0 Å². The quantitative estimate of drug-likeness (QED) is 0.350. The Bertz CT molecular complexity index is 541. The van der Waals surface area contributed by atoms with E-state index in [9.17, 15) is 14.9 Å². The summed E-state index contributed by atoms with van der Waals surface area (Å²) in [6, 6.07) is 3.04. The molecule has 19 heavy (non-hydrogen) atoms. The van der Waals surface area contributed by atoms with E-state index in [4.69, 9.17) is 5.26 Å². The Labute approximate surface area is 113 Å². The first-order valence-electron chi connectivity index (χ1n) is 5.25. The molecule has 1 aromatic rings. The summed E-state index contributed by atoms with van der Waals surface area (Å²) in [5.41, 5.74) is -0.375. The topological polar surface area (TPSA) is 106 Å². The molecule has 8 heteroatoms. The number of carbonyl (C=O) groups is 1. The van der Waals surface area contributed by atoms with E-state index in [1.807, 2.05) is 0 Å². The molecule has 0 amide bonds. The van der Waals surface area contributed by atoms with Crippen LogP contribution in [-0.2, 0) is 9.53 Å². The summed E-state index contributed by atoms with van der Waals surface area (Å²) in [5, 5.41) is 19.9. The monoisotopic (exact) mass is 281 g/mol. The molecule has 1 heterocycles. The Morgan fingerprint density at radius 3 is 2.95 bits per heavy atom. The molecule has 0 radical (unpaired) electrons. The van der Waals surface area contributed by atoms with E-state index in [2.05, 4.69) is 9.72 Å². The van der Waals surface area contributed by atoms with Gasteiger partial charge < -0.3 is 4.74 Å². The van der Waals surface area contributed by atoms with Gasteiger partial charge in [0, 0.05) is 11.9 Å². The van der Waals surface area contributed by atoms with Gasteiger partial charge in [-0.15, -0.1) is 0 Å².